The van der Waals surface area contributed by atoms with Crippen molar-refractivity contribution < 1.29 is 8.42 Å². The van der Waals surface area contributed by atoms with Gasteiger partial charge in [0.2, 0.25) is 0 Å². The van der Waals surface area contributed by atoms with Crippen LogP contribution in [0.25, 0.3) is 0 Å². The van der Waals surface area contributed by atoms with Crippen LogP contribution in [0.1, 0.15) is 5.56 Å². The number of nitrogens with zero attached hydrogens (tertiary/aromatic N) is 1. The molecule has 5 nitrogen and oxygen atoms in total. The van der Waals surface area contributed by atoms with Crippen molar-refractivity contribution >= 4 is 53.3 Å². The van der Waals surface area contributed by atoms with Gasteiger partial charge in [0.15, 0.2) is 5.03 Å². The van der Waals surface area contributed by atoms with Crippen LogP contribution in [0.15, 0.2) is 44.4 Å². The maximum atomic E-state index is 12.5. The summed E-state index contributed by atoms with van der Waals surface area (Å²) in [6.45, 7) is 1.92. The lowest BCUT2D eigenvalue weighted by atomic mass is 10.2. The van der Waals surface area contributed by atoms with E-state index < -0.39 is 10.0 Å². The van der Waals surface area contributed by atoms with Crippen LogP contribution in [0.3, 0.4) is 0 Å². The molecular weight excluding hydrogens is 422 g/mol. The summed E-state index contributed by atoms with van der Waals surface area (Å²) in [5.74, 6) is 0. The van der Waals surface area contributed by atoms with E-state index in [2.05, 4.69) is 46.9 Å². The SMILES string of the molecule is CNc1cccnc1S(=O)(=O)Nc1c(Br)cc(C)cc1Br. The van der Waals surface area contributed by atoms with Crippen molar-refractivity contribution in [3.63, 3.8) is 0 Å². The van der Waals surface area contributed by atoms with Gasteiger partial charge in [-0.25, -0.2) is 4.98 Å². The van der Waals surface area contributed by atoms with Crippen LogP contribution in [-0.2, 0) is 10.0 Å². The Kier molecular flexibility index (Phi) is 4.90. The lowest BCUT2D eigenvalue weighted by Gasteiger charge is -2.14. The normalized spacial score (nSPS) is 11.2. The first kappa shape index (κ1) is 16.3. The van der Waals surface area contributed by atoms with Gasteiger partial charge in [0.05, 0.1) is 11.4 Å². The molecule has 0 aliphatic carbocycles. The van der Waals surface area contributed by atoms with E-state index in [-0.39, 0.29) is 5.03 Å². The Morgan fingerprint density at radius 1 is 1.19 bits per heavy atom. The highest BCUT2D eigenvalue weighted by Gasteiger charge is 2.22. The molecule has 0 radical (unpaired) electrons. The summed E-state index contributed by atoms with van der Waals surface area (Å²) in [7, 11) is -2.15. The van der Waals surface area contributed by atoms with Crippen molar-refractivity contribution in [1.82, 2.24) is 4.98 Å². The van der Waals surface area contributed by atoms with E-state index >= 15 is 0 Å². The summed E-state index contributed by atoms with van der Waals surface area (Å²) in [5, 5.41) is 2.77. The number of benzene rings is 1. The molecular formula is C13H13Br2N3O2S. The summed E-state index contributed by atoms with van der Waals surface area (Å²) >= 11 is 6.73. The lowest BCUT2D eigenvalue weighted by Crippen LogP contribution is -2.17. The number of aromatic nitrogens is 1. The molecule has 2 N–H and O–H groups in total. The highest BCUT2D eigenvalue weighted by Crippen LogP contribution is 2.34. The van der Waals surface area contributed by atoms with Crippen LogP contribution in [0.5, 0.6) is 0 Å². The smallest absolute Gasteiger partial charge is 0.281 e. The minimum absolute atomic E-state index is 0.0492. The molecule has 0 saturated heterocycles. The predicted molar refractivity (Wildman–Crippen MR) is 91.2 cm³/mol. The first-order valence-corrected chi connectivity index (χ1v) is 9.03. The lowest BCUT2D eigenvalue weighted by molar-refractivity contribution is 0.598. The number of anilines is 2. The molecule has 0 fully saturated rings. The minimum atomic E-state index is -3.80. The van der Waals surface area contributed by atoms with E-state index in [9.17, 15) is 8.42 Å². The van der Waals surface area contributed by atoms with E-state index in [1.165, 1.54) is 6.20 Å². The van der Waals surface area contributed by atoms with Crippen LogP contribution in [-0.4, -0.2) is 20.4 Å². The standard InChI is InChI=1S/C13H13Br2N3O2S/c1-8-6-9(14)12(10(15)7-8)18-21(19,20)13-11(16-2)4-3-5-17-13/h3-7,16,18H,1-2H3. The first-order valence-electron chi connectivity index (χ1n) is 5.96. The third kappa shape index (κ3) is 3.56. The molecule has 0 spiro atoms. The highest BCUT2D eigenvalue weighted by molar-refractivity contribution is 9.11. The molecule has 1 aromatic carbocycles. The summed E-state index contributed by atoms with van der Waals surface area (Å²) in [5.41, 5.74) is 1.88. The fourth-order valence-electron chi connectivity index (χ4n) is 1.78. The number of hydrogen-bond donors (Lipinski definition) is 2. The third-order valence-electron chi connectivity index (χ3n) is 2.72. The van der Waals surface area contributed by atoms with Crippen molar-refractivity contribution in [3.8, 4) is 0 Å². The van der Waals surface area contributed by atoms with E-state index in [1.54, 1.807) is 19.2 Å². The van der Waals surface area contributed by atoms with Gasteiger partial charge in [0.1, 0.15) is 0 Å². The Bertz CT molecular complexity index is 756. The topological polar surface area (TPSA) is 71.1 Å². The van der Waals surface area contributed by atoms with Gasteiger partial charge in [-0.1, -0.05) is 0 Å². The Labute approximate surface area is 140 Å². The van der Waals surface area contributed by atoms with Gasteiger partial charge < -0.3 is 5.32 Å². The second-order valence-corrected chi connectivity index (χ2v) is 7.62. The van der Waals surface area contributed by atoms with Gasteiger partial charge in [-0.2, -0.15) is 8.42 Å². The van der Waals surface area contributed by atoms with E-state index in [1.807, 2.05) is 19.1 Å². The number of sulfonamides is 1. The van der Waals surface area contributed by atoms with Gasteiger partial charge in [-0.05, 0) is 68.6 Å². The van der Waals surface area contributed by atoms with Crippen molar-refractivity contribution in [3.05, 3.63) is 45.0 Å². The molecule has 1 heterocycles. The van der Waals surface area contributed by atoms with Gasteiger partial charge in [-0.3, -0.25) is 4.72 Å². The molecule has 0 aliphatic heterocycles. The molecule has 0 amide bonds. The average Bonchev–Trinajstić information content (AvgIpc) is 2.43. The zero-order valence-corrected chi connectivity index (χ0v) is 15.3. The van der Waals surface area contributed by atoms with Crippen molar-refractivity contribution in [2.24, 2.45) is 0 Å². The Morgan fingerprint density at radius 2 is 1.81 bits per heavy atom. The Morgan fingerprint density at radius 3 is 2.38 bits per heavy atom. The fourth-order valence-corrected chi connectivity index (χ4v) is 4.90. The molecule has 0 aliphatic rings. The minimum Gasteiger partial charge on any atom is -0.386 e. The summed E-state index contributed by atoms with van der Waals surface area (Å²) in [6.07, 6.45) is 1.44. The number of nitrogens with one attached hydrogen (secondary N) is 2. The monoisotopic (exact) mass is 433 g/mol. The summed E-state index contributed by atoms with van der Waals surface area (Å²) < 4.78 is 28.9. The molecule has 8 heteroatoms. The zero-order valence-electron chi connectivity index (χ0n) is 11.3. The summed E-state index contributed by atoms with van der Waals surface area (Å²) in [6, 6.07) is 6.99. The quantitative estimate of drug-likeness (QED) is 0.768. The van der Waals surface area contributed by atoms with Crippen LogP contribution in [0.4, 0.5) is 11.4 Å². The molecule has 2 aromatic rings. The maximum absolute atomic E-state index is 12.5. The van der Waals surface area contributed by atoms with Crippen LogP contribution >= 0.6 is 31.9 Å². The molecule has 2 rings (SSSR count). The number of halogens is 2. The second kappa shape index (κ2) is 6.33. The van der Waals surface area contributed by atoms with Crippen LogP contribution < -0.4 is 10.0 Å². The van der Waals surface area contributed by atoms with E-state index in [4.69, 9.17) is 0 Å². The largest absolute Gasteiger partial charge is 0.386 e. The van der Waals surface area contributed by atoms with Crippen LogP contribution in [0, 0.1) is 6.92 Å². The zero-order chi connectivity index (χ0) is 15.6. The average molecular weight is 435 g/mol. The Balaban J connectivity index is 2.48. The molecule has 0 bridgehead atoms. The Hall–Kier alpha value is -1.12. The predicted octanol–water partition coefficient (Wildman–Crippen LogP) is 3.76. The van der Waals surface area contributed by atoms with E-state index in [0.29, 0.717) is 20.3 Å². The van der Waals surface area contributed by atoms with E-state index in [0.717, 1.165) is 5.56 Å². The molecule has 1 aromatic heterocycles. The molecule has 21 heavy (non-hydrogen) atoms. The highest BCUT2D eigenvalue weighted by atomic mass is 79.9. The van der Waals surface area contributed by atoms with Crippen molar-refractivity contribution in [2.45, 2.75) is 11.9 Å². The number of rotatable bonds is 4. The van der Waals surface area contributed by atoms with Gasteiger partial charge in [0.25, 0.3) is 10.0 Å². The summed E-state index contributed by atoms with van der Waals surface area (Å²) in [4.78, 5) is 3.95. The molecule has 0 saturated carbocycles. The number of aryl methyl sites for hydroxylation is 1. The van der Waals surface area contributed by atoms with Crippen molar-refractivity contribution in [2.75, 3.05) is 17.1 Å². The molecule has 0 unspecified atom stereocenters. The van der Waals surface area contributed by atoms with Crippen molar-refractivity contribution in [1.29, 1.82) is 0 Å². The fraction of sp³-hybridized carbons (Fsp3) is 0.154. The number of pyridine rings is 1. The molecule has 0 atom stereocenters. The van der Waals surface area contributed by atoms with Gasteiger partial charge in [-0.15, -0.1) is 0 Å². The van der Waals surface area contributed by atoms with Crippen LogP contribution in [0.2, 0.25) is 0 Å². The second-order valence-electron chi connectivity index (χ2n) is 4.32. The van der Waals surface area contributed by atoms with Gasteiger partial charge >= 0.3 is 0 Å². The third-order valence-corrected chi connectivity index (χ3v) is 5.28. The molecule has 112 valence electrons. The number of hydrogen-bond acceptors (Lipinski definition) is 4. The maximum Gasteiger partial charge on any atom is 0.281 e. The van der Waals surface area contributed by atoms with Gasteiger partial charge in [0, 0.05) is 22.2 Å². The first-order chi connectivity index (χ1) is 9.85.